The second-order valence-corrected chi connectivity index (χ2v) is 4.58. The number of hydrogen-bond donors (Lipinski definition) is 1. The fourth-order valence-electron chi connectivity index (χ4n) is 2.11. The van der Waals surface area contributed by atoms with E-state index in [-0.39, 0.29) is 0 Å². The van der Waals surface area contributed by atoms with Crippen molar-refractivity contribution in [1.29, 1.82) is 0 Å². The highest BCUT2D eigenvalue weighted by Gasteiger charge is 2.33. The molecule has 0 heterocycles. The molecule has 1 fully saturated rings. The number of carbonyl (C=O) groups is 1. The van der Waals surface area contributed by atoms with Crippen LogP contribution in [0.15, 0.2) is 24.3 Å². The monoisotopic (exact) mass is 223 g/mol. The van der Waals surface area contributed by atoms with Gasteiger partial charge in [0.25, 0.3) is 0 Å². The Kier molecular flexibility index (Phi) is 2.81. The van der Waals surface area contributed by atoms with E-state index in [1.807, 2.05) is 24.3 Å². The molecule has 1 aromatic carbocycles. The van der Waals surface area contributed by atoms with Crippen LogP contribution in [0.5, 0.6) is 0 Å². The summed E-state index contributed by atoms with van der Waals surface area (Å²) in [5, 5.41) is 0.703. The third-order valence-corrected chi connectivity index (χ3v) is 3.44. The Morgan fingerprint density at radius 2 is 1.80 bits per heavy atom. The van der Waals surface area contributed by atoms with Crippen LogP contribution in [0, 0.1) is 0 Å². The van der Waals surface area contributed by atoms with Crippen molar-refractivity contribution in [2.24, 2.45) is 5.73 Å². The maximum absolute atomic E-state index is 11.2. The largest absolute Gasteiger partial charge is 0.321 e. The van der Waals surface area contributed by atoms with Crippen LogP contribution in [0.4, 0.5) is 0 Å². The predicted octanol–water partition coefficient (Wildman–Crippen LogP) is 2.64. The minimum absolute atomic E-state index is 0.308. The third-order valence-electron chi connectivity index (χ3n) is 3.11. The number of halogens is 1. The second-order valence-electron chi connectivity index (χ2n) is 4.17. The molecule has 15 heavy (non-hydrogen) atoms. The maximum Gasteiger partial charge on any atom is 0.133 e. The molecule has 0 spiro atoms. The summed E-state index contributed by atoms with van der Waals surface area (Å²) in [6, 6.07) is 7.63. The summed E-state index contributed by atoms with van der Waals surface area (Å²) < 4.78 is 0. The Morgan fingerprint density at radius 1 is 1.20 bits per heavy atom. The lowest BCUT2D eigenvalue weighted by atomic mass is 9.77. The summed E-state index contributed by atoms with van der Waals surface area (Å²) in [4.78, 5) is 11.2. The SMILES string of the molecule is NC1(c2ccccc2Cl)CCC(=O)CC1. The van der Waals surface area contributed by atoms with Crippen molar-refractivity contribution in [1.82, 2.24) is 0 Å². The molecule has 0 amide bonds. The van der Waals surface area contributed by atoms with Crippen LogP contribution in [0.2, 0.25) is 5.02 Å². The van der Waals surface area contributed by atoms with Gasteiger partial charge in [-0.1, -0.05) is 29.8 Å². The van der Waals surface area contributed by atoms with E-state index in [1.54, 1.807) is 0 Å². The van der Waals surface area contributed by atoms with Gasteiger partial charge in [-0.15, -0.1) is 0 Å². The van der Waals surface area contributed by atoms with Gasteiger partial charge in [-0.25, -0.2) is 0 Å². The lowest BCUT2D eigenvalue weighted by Crippen LogP contribution is -2.40. The molecular weight excluding hydrogens is 210 g/mol. The molecule has 80 valence electrons. The van der Waals surface area contributed by atoms with Crippen molar-refractivity contribution in [2.75, 3.05) is 0 Å². The molecule has 0 saturated heterocycles. The van der Waals surface area contributed by atoms with E-state index in [4.69, 9.17) is 17.3 Å². The van der Waals surface area contributed by atoms with Crippen LogP contribution in [0.3, 0.4) is 0 Å². The number of ketones is 1. The van der Waals surface area contributed by atoms with Crippen LogP contribution in [0.1, 0.15) is 31.2 Å². The maximum atomic E-state index is 11.2. The standard InChI is InChI=1S/C12H14ClNO/c13-11-4-2-1-3-10(11)12(14)7-5-9(15)6-8-12/h1-4H,5-8,14H2. The van der Waals surface area contributed by atoms with E-state index in [2.05, 4.69) is 0 Å². The van der Waals surface area contributed by atoms with Gasteiger partial charge in [-0.05, 0) is 24.5 Å². The molecule has 3 heteroatoms. The zero-order valence-corrected chi connectivity index (χ0v) is 9.26. The molecule has 1 aromatic rings. The van der Waals surface area contributed by atoms with Crippen LogP contribution >= 0.6 is 11.6 Å². The lowest BCUT2D eigenvalue weighted by molar-refractivity contribution is -0.121. The van der Waals surface area contributed by atoms with Gasteiger partial charge in [-0.3, -0.25) is 4.79 Å². The Hall–Kier alpha value is -0.860. The molecule has 0 aliphatic heterocycles. The van der Waals surface area contributed by atoms with E-state index in [9.17, 15) is 4.79 Å². The molecule has 2 rings (SSSR count). The predicted molar refractivity (Wildman–Crippen MR) is 60.8 cm³/mol. The summed E-state index contributed by atoms with van der Waals surface area (Å²) in [7, 11) is 0. The number of benzene rings is 1. The van der Waals surface area contributed by atoms with E-state index in [0.29, 0.717) is 36.5 Å². The van der Waals surface area contributed by atoms with Gasteiger partial charge in [0.1, 0.15) is 5.78 Å². The Morgan fingerprint density at radius 3 is 2.40 bits per heavy atom. The van der Waals surface area contributed by atoms with E-state index in [0.717, 1.165) is 5.56 Å². The molecule has 1 aliphatic carbocycles. The molecule has 0 radical (unpaired) electrons. The van der Waals surface area contributed by atoms with Gasteiger partial charge in [0.15, 0.2) is 0 Å². The summed E-state index contributed by atoms with van der Waals surface area (Å²) in [5.74, 6) is 0.308. The van der Waals surface area contributed by atoms with Gasteiger partial charge in [-0.2, -0.15) is 0 Å². The second kappa shape index (κ2) is 3.95. The van der Waals surface area contributed by atoms with Gasteiger partial charge in [0, 0.05) is 23.4 Å². The highest BCUT2D eigenvalue weighted by molar-refractivity contribution is 6.31. The van der Waals surface area contributed by atoms with Crippen molar-refractivity contribution < 1.29 is 4.79 Å². The van der Waals surface area contributed by atoms with Crippen LogP contribution in [-0.2, 0) is 10.3 Å². The smallest absolute Gasteiger partial charge is 0.133 e. The summed E-state index contributed by atoms with van der Waals surface area (Å²) >= 11 is 6.12. The topological polar surface area (TPSA) is 43.1 Å². The molecule has 1 saturated carbocycles. The first-order valence-corrected chi connectivity index (χ1v) is 5.55. The Labute approximate surface area is 94.4 Å². The highest BCUT2D eigenvalue weighted by atomic mass is 35.5. The average Bonchev–Trinajstić information content (AvgIpc) is 2.23. The van der Waals surface area contributed by atoms with E-state index >= 15 is 0 Å². The van der Waals surface area contributed by atoms with Crippen LogP contribution in [0.25, 0.3) is 0 Å². The van der Waals surface area contributed by atoms with Crippen molar-refractivity contribution in [3.05, 3.63) is 34.9 Å². The van der Waals surface area contributed by atoms with E-state index in [1.165, 1.54) is 0 Å². The fraction of sp³-hybridized carbons (Fsp3) is 0.417. The highest BCUT2D eigenvalue weighted by Crippen LogP contribution is 2.36. The first kappa shape index (κ1) is 10.7. The molecule has 2 nitrogen and oxygen atoms in total. The fourth-order valence-corrected chi connectivity index (χ4v) is 2.43. The lowest BCUT2D eigenvalue weighted by Gasteiger charge is -2.33. The van der Waals surface area contributed by atoms with Gasteiger partial charge < -0.3 is 5.73 Å². The Bertz CT molecular complexity index is 379. The molecule has 0 aromatic heterocycles. The summed E-state index contributed by atoms with van der Waals surface area (Å²) in [6.45, 7) is 0. The number of Topliss-reactive ketones (excluding diaryl/α,β-unsaturated/α-hetero) is 1. The van der Waals surface area contributed by atoms with Crippen molar-refractivity contribution in [3.8, 4) is 0 Å². The van der Waals surface area contributed by atoms with Crippen molar-refractivity contribution in [3.63, 3.8) is 0 Å². The first-order chi connectivity index (χ1) is 7.12. The minimum Gasteiger partial charge on any atom is -0.321 e. The number of carbonyl (C=O) groups excluding carboxylic acids is 1. The van der Waals surface area contributed by atoms with Gasteiger partial charge in [0.2, 0.25) is 0 Å². The van der Waals surface area contributed by atoms with Crippen molar-refractivity contribution >= 4 is 17.4 Å². The molecule has 2 N–H and O–H groups in total. The van der Waals surface area contributed by atoms with Gasteiger partial charge in [0.05, 0.1) is 0 Å². The minimum atomic E-state index is -0.410. The van der Waals surface area contributed by atoms with E-state index < -0.39 is 5.54 Å². The Balaban J connectivity index is 2.30. The summed E-state index contributed by atoms with van der Waals surface area (Å²) in [6.07, 6.45) is 2.55. The van der Waals surface area contributed by atoms with Crippen molar-refractivity contribution in [2.45, 2.75) is 31.2 Å². The molecule has 1 aliphatic rings. The average molecular weight is 224 g/mol. The molecule has 0 atom stereocenters. The number of hydrogen-bond acceptors (Lipinski definition) is 2. The van der Waals surface area contributed by atoms with Gasteiger partial charge >= 0.3 is 0 Å². The first-order valence-electron chi connectivity index (χ1n) is 5.17. The quantitative estimate of drug-likeness (QED) is 0.796. The molecule has 0 unspecified atom stereocenters. The molecular formula is C12H14ClNO. The van der Waals surface area contributed by atoms with Crippen LogP contribution < -0.4 is 5.73 Å². The number of rotatable bonds is 1. The molecule has 0 bridgehead atoms. The summed E-state index contributed by atoms with van der Waals surface area (Å²) in [5.41, 5.74) is 6.87. The van der Waals surface area contributed by atoms with Crippen LogP contribution in [-0.4, -0.2) is 5.78 Å². The third kappa shape index (κ3) is 2.06. The zero-order chi connectivity index (χ0) is 10.9. The normalized spacial score (nSPS) is 20.3. The number of nitrogens with two attached hydrogens (primary N) is 1. The zero-order valence-electron chi connectivity index (χ0n) is 8.50.